The van der Waals surface area contributed by atoms with Gasteiger partial charge < -0.3 is 5.32 Å². The Labute approximate surface area is 111 Å². The van der Waals surface area contributed by atoms with Gasteiger partial charge in [-0.1, -0.05) is 18.5 Å². The molecule has 0 unspecified atom stereocenters. The lowest BCUT2D eigenvalue weighted by Gasteiger charge is -2.05. The van der Waals surface area contributed by atoms with Crippen molar-refractivity contribution in [3.05, 3.63) is 28.8 Å². The molecule has 0 saturated carbocycles. The SMILES string of the molecule is CCCc1nc(Cl)cc(Nc2cc(C)n(C)n2)n1. The van der Waals surface area contributed by atoms with Crippen molar-refractivity contribution < 1.29 is 0 Å². The molecule has 0 amide bonds. The second kappa shape index (κ2) is 5.35. The Morgan fingerprint density at radius 1 is 1.28 bits per heavy atom. The molecule has 0 aliphatic carbocycles. The third-order valence-corrected chi connectivity index (χ3v) is 2.78. The van der Waals surface area contributed by atoms with Gasteiger partial charge in [0.25, 0.3) is 0 Å². The predicted molar refractivity (Wildman–Crippen MR) is 72.3 cm³/mol. The first-order valence-corrected chi connectivity index (χ1v) is 6.27. The zero-order chi connectivity index (χ0) is 13.1. The van der Waals surface area contributed by atoms with E-state index in [1.54, 1.807) is 10.7 Å². The number of aromatic nitrogens is 4. The van der Waals surface area contributed by atoms with Crippen molar-refractivity contribution in [2.75, 3.05) is 5.32 Å². The van der Waals surface area contributed by atoms with Gasteiger partial charge in [-0.15, -0.1) is 0 Å². The highest BCUT2D eigenvalue weighted by Gasteiger charge is 2.06. The normalized spacial score (nSPS) is 10.7. The number of aryl methyl sites for hydroxylation is 3. The Kier molecular flexibility index (Phi) is 3.81. The average molecular weight is 266 g/mol. The van der Waals surface area contributed by atoms with E-state index in [2.05, 4.69) is 27.3 Å². The van der Waals surface area contributed by atoms with Crippen molar-refractivity contribution >= 4 is 23.2 Å². The third-order valence-electron chi connectivity index (χ3n) is 2.58. The first-order chi connectivity index (χ1) is 8.58. The minimum absolute atomic E-state index is 0.448. The van der Waals surface area contributed by atoms with E-state index < -0.39 is 0 Å². The van der Waals surface area contributed by atoms with E-state index in [-0.39, 0.29) is 0 Å². The number of anilines is 2. The van der Waals surface area contributed by atoms with Crippen LogP contribution in [0.1, 0.15) is 24.9 Å². The fourth-order valence-corrected chi connectivity index (χ4v) is 1.82. The summed E-state index contributed by atoms with van der Waals surface area (Å²) in [6.07, 6.45) is 1.80. The van der Waals surface area contributed by atoms with E-state index in [9.17, 15) is 0 Å². The van der Waals surface area contributed by atoms with E-state index in [4.69, 9.17) is 11.6 Å². The fraction of sp³-hybridized carbons (Fsp3) is 0.417. The highest BCUT2D eigenvalue weighted by atomic mass is 35.5. The minimum atomic E-state index is 0.448. The maximum atomic E-state index is 5.97. The molecule has 2 rings (SSSR count). The predicted octanol–water partition coefficient (Wildman–Crippen LogP) is 2.87. The van der Waals surface area contributed by atoms with Crippen molar-refractivity contribution in [2.45, 2.75) is 26.7 Å². The lowest BCUT2D eigenvalue weighted by atomic mass is 10.3. The fourth-order valence-electron chi connectivity index (χ4n) is 1.62. The Morgan fingerprint density at radius 2 is 2.06 bits per heavy atom. The Bertz CT molecular complexity index is 530. The first-order valence-electron chi connectivity index (χ1n) is 5.89. The van der Waals surface area contributed by atoms with E-state index in [0.717, 1.165) is 30.2 Å². The molecule has 96 valence electrons. The highest BCUT2D eigenvalue weighted by Crippen LogP contribution is 2.17. The summed E-state index contributed by atoms with van der Waals surface area (Å²) in [5.74, 6) is 2.18. The molecule has 5 nitrogen and oxygen atoms in total. The molecule has 0 atom stereocenters. The second-order valence-electron chi connectivity index (χ2n) is 4.16. The molecule has 1 N–H and O–H groups in total. The van der Waals surface area contributed by atoms with Gasteiger partial charge in [0.2, 0.25) is 0 Å². The van der Waals surface area contributed by atoms with Crippen molar-refractivity contribution in [1.29, 1.82) is 0 Å². The number of halogens is 1. The van der Waals surface area contributed by atoms with Crippen LogP contribution in [0.25, 0.3) is 0 Å². The summed E-state index contributed by atoms with van der Waals surface area (Å²) in [5, 5.41) is 7.90. The number of nitrogens with one attached hydrogen (secondary N) is 1. The average Bonchev–Trinajstić information content (AvgIpc) is 2.57. The summed E-state index contributed by atoms with van der Waals surface area (Å²) in [6, 6.07) is 3.65. The van der Waals surface area contributed by atoms with Crippen LogP contribution >= 0.6 is 11.6 Å². The van der Waals surface area contributed by atoms with Gasteiger partial charge in [-0.05, 0) is 13.3 Å². The lowest BCUT2D eigenvalue weighted by Crippen LogP contribution is -2.01. The van der Waals surface area contributed by atoms with Crippen LogP contribution in [0.2, 0.25) is 5.15 Å². The number of nitrogens with zero attached hydrogens (tertiary/aromatic N) is 4. The smallest absolute Gasteiger partial charge is 0.153 e. The van der Waals surface area contributed by atoms with Gasteiger partial charge in [-0.3, -0.25) is 4.68 Å². The highest BCUT2D eigenvalue weighted by molar-refractivity contribution is 6.29. The van der Waals surface area contributed by atoms with E-state index in [1.807, 2.05) is 20.0 Å². The van der Waals surface area contributed by atoms with Crippen LogP contribution in [0.5, 0.6) is 0 Å². The van der Waals surface area contributed by atoms with E-state index >= 15 is 0 Å². The second-order valence-corrected chi connectivity index (χ2v) is 4.55. The zero-order valence-electron chi connectivity index (χ0n) is 10.7. The summed E-state index contributed by atoms with van der Waals surface area (Å²) in [7, 11) is 1.90. The van der Waals surface area contributed by atoms with Crippen molar-refractivity contribution in [1.82, 2.24) is 19.7 Å². The molecule has 18 heavy (non-hydrogen) atoms. The Hall–Kier alpha value is -1.62. The van der Waals surface area contributed by atoms with Crippen molar-refractivity contribution in [3.8, 4) is 0 Å². The maximum Gasteiger partial charge on any atom is 0.153 e. The molecule has 2 aromatic heterocycles. The van der Waals surface area contributed by atoms with Crippen LogP contribution in [0, 0.1) is 6.92 Å². The van der Waals surface area contributed by atoms with Crippen LogP contribution in [-0.2, 0) is 13.5 Å². The molecule has 0 bridgehead atoms. The van der Waals surface area contributed by atoms with Gasteiger partial charge in [-0.25, -0.2) is 9.97 Å². The van der Waals surface area contributed by atoms with Crippen molar-refractivity contribution in [3.63, 3.8) is 0 Å². The van der Waals surface area contributed by atoms with Gasteiger partial charge in [-0.2, -0.15) is 5.10 Å². The Balaban J connectivity index is 2.22. The molecular formula is C12H16ClN5. The standard InChI is InChI=1S/C12H16ClN5/c1-4-5-10-14-9(13)7-11(15-10)16-12-6-8(2)18(3)17-12/h6-7H,4-5H2,1-3H3,(H,14,15,16,17). The molecule has 0 fully saturated rings. The zero-order valence-corrected chi connectivity index (χ0v) is 11.5. The van der Waals surface area contributed by atoms with E-state index in [0.29, 0.717) is 11.0 Å². The largest absolute Gasteiger partial charge is 0.323 e. The molecule has 0 spiro atoms. The number of hydrogen-bond donors (Lipinski definition) is 1. The molecule has 2 heterocycles. The van der Waals surface area contributed by atoms with Crippen LogP contribution in [-0.4, -0.2) is 19.7 Å². The van der Waals surface area contributed by atoms with Crippen LogP contribution in [0.3, 0.4) is 0 Å². The summed E-state index contributed by atoms with van der Waals surface area (Å²) >= 11 is 5.97. The van der Waals surface area contributed by atoms with Gasteiger partial charge in [0, 0.05) is 31.3 Å². The molecule has 0 saturated heterocycles. The Morgan fingerprint density at radius 3 is 2.67 bits per heavy atom. The monoisotopic (exact) mass is 265 g/mol. The molecule has 6 heteroatoms. The molecule has 0 aliphatic heterocycles. The van der Waals surface area contributed by atoms with Crippen LogP contribution < -0.4 is 5.32 Å². The summed E-state index contributed by atoms with van der Waals surface area (Å²) in [6.45, 7) is 4.08. The quantitative estimate of drug-likeness (QED) is 0.864. The van der Waals surface area contributed by atoms with Gasteiger partial charge in [0.05, 0.1) is 0 Å². The van der Waals surface area contributed by atoms with Crippen molar-refractivity contribution in [2.24, 2.45) is 7.05 Å². The van der Waals surface area contributed by atoms with E-state index in [1.165, 1.54) is 0 Å². The molecule has 0 aromatic carbocycles. The lowest BCUT2D eigenvalue weighted by molar-refractivity contribution is 0.743. The minimum Gasteiger partial charge on any atom is -0.323 e. The van der Waals surface area contributed by atoms with Gasteiger partial charge >= 0.3 is 0 Å². The van der Waals surface area contributed by atoms with Crippen LogP contribution in [0.4, 0.5) is 11.6 Å². The summed E-state index contributed by atoms with van der Waals surface area (Å²) < 4.78 is 1.80. The number of hydrogen-bond acceptors (Lipinski definition) is 4. The topological polar surface area (TPSA) is 55.6 Å². The van der Waals surface area contributed by atoms with Gasteiger partial charge in [0.15, 0.2) is 5.82 Å². The summed E-state index contributed by atoms with van der Waals surface area (Å²) in [4.78, 5) is 8.58. The maximum absolute atomic E-state index is 5.97. The summed E-state index contributed by atoms with van der Waals surface area (Å²) in [5.41, 5.74) is 1.08. The first kappa shape index (κ1) is 12.8. The molecule has 0 aliphatic rings. The molecule has 2 aromatic rings. The molecular weight excluding hydrogens is 250 g/mol. The third kappa shape index (κ3) is 2.98. The number of rotatable bonds is 4. The van der Waals surface area contributed by atoms with Gasteiger partial charge in [0.1, 0.15) is 16.8 Å². The van der Waals surface area contributed by atoms with Crippen LogP contribution in [0.15, 0.2) is 12.1 Å². The molecule has 0 radical (unpaired) electrons.